The maximum absolute atomic E-state index is 12.0. The van der Waals surface area contributed by atoms with E-state index in [-0.39, 0.29) is 11.0 Å². The van der Waals surface area contributed by atoms with Gasteiger partial charge in [0.1, 0.15) is 11.5 Å². The van der Waals surface area contributed by atoms with E-state index in [0.717, 1.165) is 5.56 Å². The SMILES string of the molecule is COc1ccc(NC(=S)NC(=O)/C=C/c2ccccc2OC)cc1Cl. The fraction of sp³-hybridized carbons (Fsp3) is 0.111. The summed E-state index contributed by atoms with van der Waals surface area (Å²) in [4.78, 5) is 12.0. The van der Waals surface area contributed by atoms with Crippen molar-refractivity contribution in [2.45, 2.75) is 0 Å². The second kappa shape index (κ2) is 9.05. The minimum absolute atomic E-state index is 0.163. The highest BCUT2D eigenvalue weighted by Gasteiger charge is 2.05. The Bertz CT molecular complexity index is 809. The Morgan fingerprint density at radius 3 is 2.52 bits per heavy atom. The number of nitrogens with one attached hydrogen (secondary N) is 2. The predicted octanol–water partition coefficient (Wildman–Crippen LogP) is 3.88. The summed E-state index contributed by atoms with van der Waals surface area (Å²) in [5, 5.41) is 6.06. The maximum Gasteiger partial charge on any atom is 0.250 e. The number of carbonyl (C=O) groups is 1. The molecule has 0 radical (unpaired) electrons. The molecule has 0 heterocycles. The number of hydrogen-bond donors (Lipinski definition) is 2. The largest absolute Gasteiger partial charge is 0.496 e. The normalized spacial score (nSPS) is 10.4. The lowest BCUT2D eigenvalue weighted by molar-refractivity contribution is -0.115. The molecule has 0 spiro atoms. The van der Waals surface area contributed by atoms with Gasteiger partial charge in [-0.05, 0) is 42.6 Å². The molecule has 0 fully saturated rings. The maximum atomic E-state index is 12.0. The quantitative estimate of drug-likeness (QED) is 0.612. The molecule has 0 unspecified atom stereocenters. The summed E-state index contributed by atoms with van der Waals surface area (Å²) >= 11 is 11.2. The summed E-state index contributed by atoms with van der Waals surface area (Å²) in [6, 6.07) is 12.5. The van der Waals surface area contributed by atoms with Gasteiger partial charge in [-0.25, -0.2) is 0 Å². The minimum Gasteiger partial charge on any atom is -0.496 e. The lowest BCUT2D eigenvalue weighted by Crippen LogP contribution is -2.32. The molecule has 0 atom stereocenters. The Morgan fingerprint density at radius 2 is 1.84 bits per heavy atom. The van der Waals surface area contributed by atoms with E-state index in [9.17, 15) is 4.79 Å². The van der Waals surface area contributed by atoms with Gasteiger partial charge in [0.05, 0.1) is 19.2 Å². The van der Waals surface area contributed by atoms with Crippen LogP contribution >= 0.6 is 23.8 Å². The molecular formula is C18H17ClN2O3S. The third-order valence-corrected chi connectivity index (χ3v) is 3.70. The first-order chi connectivity index (χ1) is 12.0. The molecule has 25 heavy (non-hydrogen) atoms. The Hall–Kier alpha value is -2.57. The van der Waals surface area contributed by atoms with Crippen LogP contribution < -0.4 is 20.1 Å². The van der Waals surface area contributed by atoms with Gasteiger partial charge in [-0.1, -0.05) is 29.8 Å². The molecule has 0 saturated heterocycles. The van der Waals surface area contributed by atoms with Crippen molar-refractivity contribution in [3.63, 3.8) is 0 Å². The van der Waals surface area contributed by atoms with Gasteiger partial charge in [0.15, 0.2) is 5.11 Å². The first-order valence-corrected chi connectivity index (χ1v) is 8.08. The highest BCUT2D eigenvalue weighted by Crippen LogP contribution is 2.27. The molecule has 2 N–H and O–H groups in total. The fourth-order valence-electron chi connectivity index (χ4n) is 2.03. The summed E-state index contributed by atoms with van der Waals surface area (Å²) < 4.78 is 10.3. The van der Waals surface area contributed by atoms with Crippen molar-refractivity contribution < 1.29 is 14.3 Å². The number of anilines is 1. The monoisotopic (exact) mass is 376 g/mol. The number of rotatable bonds is 5. The summed E-state index contributed by atoms with van der Waals surface area (Å²) in [6.45, 7) is 0. The van der Waals surface area contributed by atoms with Crippen LogP contribution in [0.15, 0.2) is 48.5 Å². The molecule has 0 aliphatic carbocycles. The highest BCUT2D eigenvalue weighted by atomic mass is 35.5. The molecular weight excluding hydrogens is 360 g/mol. The van der Waals surface area contributed by atoms with E-state index in [0.29, 0.717) is 22.2 Å². The Labute approximate surface area is 156 Å². The third kappa shape index (κ3) is 5.48. The number of thiocarbonyl (C=S) groups is 1. The number of methoxy groups -OCH3 is 2. The van der Waals surface area contributed by atoms with Crippen molar-refractivity contribution in [2.75, 3.05) is 19.5 Å². The number of ether oxygens (including phenoxy) is 2. The number of hydrogen-bond acceptors (Lipinski definition) is 4. The zero-order valence-electron chi connectivity index (χ0n) is 13.7. The Morgan fingerprint density at radius 1 is 1.12 bits per heavy atom. The van der Waals surface area contributed by atoms with Crippen LogP contribution in [0, 0.1) is 0 Å². The van der Waals surface area contributed by atoms with Gasteiger partial charge in [0, 0.05) is 17.3 Å². The lowest BCUT2D eigenvalue weighted by atomic mass is 10.2. The number of benzene rings is 2. The fourth-order valence-corrected chi connectivity index (χ4v) is 2.51. The van der Waals surface area contributed by atoms with Gasteiger partial charge < -0.3 is 14.8 Å². The molecule has 0 aromatic heterocycles. The second-order valence-electron chi connectivity index (χ2n) is 4.87. The van der Waals surface area contributed by atoms with Crippen molar-refractivity contribution in [3.8, 4) is 11.5 Å². The molecule has 7 heteroatoms. The average Bonchev–Trinajstić information content (AvgIpc) is 2.60. The third-order valence-electron chi connectivity index (χ3n) is 3.20. The Balaban J connectivity index is 1.95. The molecule has 5 nitrogen and oxygen atoms in total. The molecule has 0 bridgehead atoms. The summed E-state index contributed by atoms with van der Waals surface area (Å²) in [5.74, 6) is 0.880. The zero-order chi connectivity index (χ0) is 18.2. The molecule has 2 rings (SSSR count). The van der Waals surface area contributed by atoms with Gasteiger partial charge in [0.25, 0.3) is 0 Å². The summed E-state index contributed by atoms with van der Waals surface area (Å²) in [5.41, 5.74) is 1.44. The minimum atomic E-state index is -0.358. The Kier molecular flexibility index (Phi) is 6.80. The smallest absolute Gasteiger partial charge is 0.250 e. The molecule has 1 amide bonds. The van der Waals surface area contributed by atoms with Crippen molar-refractivity contribution in [1.29, 1.82) is 0 Å². The van der Waals surface area contributed by atoms with Crippen LogP contribution in [-0.4, -0.2) is 25.2 Å². The van der Waals surface area contributed by atoms with E-state index in [1.807, 2.05) is 24.3 Å². The van der Waals surface area contributed by atoms with Gasteiger partial charge in [-0.3, -0.25) is 10.1 Å². The van der Waals surface area contributed by atoms with Crippen LogP contribution in [0.25, 0.3) is 6.08 Å². The van der Waals surface area contributed by atoms with E-state index in [2.05, 4.69) is 10.6 Å². The predicted molar refractivity (Wildman–Crippen MR) is 104 cm³/mol. The van der Waals surface area contributed by atoms with Crippen molar-refractivity contribution in [3.05, 3.63) is 59.1 Å². The summed E-state index contributed by atoms with van der Waals surface area (Å²) in [7, 11) is 3.11. The van der Waals surface area contributed by atoms with Crippen LogP contribution in [0.2, 0.25) is 5.02 Å². The molecule has 2 aromatic rings. The van der Waals surface area contributed by atoms with Crippen molar-refractivity contribution >= 4 is 46.6 Å². The van der Waals surface area contributed by atoms with E-state index in [4.69, 9.17) is 33.3 Å². The molecule has 130 valence electrons. The number of carbonyl (C=O) groups excluding carboxylic acids is 1. The topological polar surface area (TPSA) is 59.6 Å². The van der Waals surface area contributed by atoms with Gasteiger partial charge >= 0.3 is 0 Å². The number of para-hydroxylation sites is 1. The molecule has 2 aromatic carbocycles. The summed E-state index contributed by atoms with van der Waals surface area (Å²) in [6.07, 6.45) is 3.04. The van der Waals surface area contributed by atoms with Gasteiger partial charge in [-0.15, -0.1) is 0 Å². The van der Waals surface area contributed by atoms with Crippen LogP contribution in [0.1, 0.15) is 5.56 Å². The van der Waals surface area contributed by atoms with Crippen LogP contribution in [0.3, 0.4) is 0 Å². The average molecular weight is 377 g/mol. The second-order valence-corrected chi connectivity index (χ2v) is 5.68. The molecule has 0 aliphatic heterocycles. The first kappa shape index (κ1) is 18.8. The van der Waals surface area contributed by atoms with E-state index in [1.165, 1.54) is 13.2 Å². The zero-order valence-corrected chi connectivity index (χ0v) is 15.3. The lowest BCUT2D eigenvalue weighted by Gasteiger charge is -2.10. The van der Waals surface area contributed by atoms with Gasteiger partial charge in [-0.2, -0.15) is 0 Å². The van der Waals surface area contributed by atoms with Crippen LogP contribution in [-0.2, 0) is 4.79 Å². The van der Waals surface area contributed by atoms with E-state index in [1.54, 1.807) is 31.4 Å². The number of amides is 1. The molecule has 0 saturated carbocycles. The standard InChI is InChI=1S/C18H17ClN2O3S/c1-23-15-6-4-3-5-12(15)7-10-17(22)21-18(25)20-13-8-9-16(24-2)14(19)11-13/h3-11H,1-2H3,(H2,20,21,22,25)/b10-7+. The van der Waals surface area contributed by atoms with Crippen molar-refractivity contribution in [1.82, 2.24) is 5.32 Å². The molecule has 0 aliphatic rings. The van der Waals surface area contributed by atoms with Crippen molar-refractivity contribution in [2.24, 2.45) is 0 Å². The van der Waals surface area contributed by atoms with E-state index < -0.39 is 0 Å². The van der Waals surface area contributed by atoms with Gasteiger partial charge in [0.2, 0.25) is 5.91 Å². The van der Waals surface area contributed by atoms with Crippen LogP contribution in [0.5, 0.6) is 11.5 Å². The highest BCUT2D eigenvalue weighted by molar-refractivity contribution is 7.80. The number of halogens is 1. The first-order valence-electron chi connectivity index (χ1n) is 7.30. The van der Waals surface area contributed by atoms with Crippen LogP contribution in [0.4, 0.5) is 5.69 Å². The van der Waals surface area contributed by atoms with E-state index >= 15 is 0 Å².